The van der Waals surface area contributed by atoms with E-state index in [0.29, 0.717) is 5.56 Å². The van der Waals surface area contributed by atoms with Gasteiger partial charge in [-0.3, -0.25) is 9.69 Å². The molecule has 1 amide bonds. The third-order valence-corrected chi connectivity index (χ3v) is 2.51. The molecular formula is C11H9F3N2O. The summed E-state index contributed by atoms with van der Waals surface area (Å²) < 4.78 is 38.4. The van der Waals surface area contributed by atoms with E-state index < -0.39 is 18.8 Å². The maximum Gasteiger partial charge on any atom is 0.485 e. The number of halogens is 3. The van der Waals surface area contributed by atoms with Crippen LogP contribution >= 0.6 is 0 Å². The second-order valence-corrected chi connectivity index (χ2v) is 3.65. The predicted molar refractivity (Wildman–Crippen MR) is 57.0 cm³/mol. The molecule has 0 bridgehead atoms. The summed E-state index contributed by atoms with van der Waals surface area (Å²) in [7, 11) is 0. The Hall–Kier alpha value is -1.98. The number of anilines is 1. The highest BCUT2D eigenvalue weighted by Crippen LogP contribution is 2.35. The SMILES string of the molecule is NC(=O)C1=Cc2ccccc2N(C(F)(F)F)C1. The topological polar surface area (TPSA) is 46.3 Å². The van der Waals surface area contributed by atoms with Gasteiger partial charge in [0, 0.05) is 5.57 Å². The molecule has 1 aromatic rings. The minimum atomic E-state index is -4.54. The summed E-state index contributed by atoms with van der Waals surface area (Å²) in [5.41, 5.74) is 5.34. The first-order chi connectivity index (χ1) is 7.89. The quantitative estimate of drug-likeness (QED) is 0.764. The fourth-order valence-electron chi connectivity index (χ4n) is 1.72. The van der Waals surface area contributed by atoms with E-state index >= 15 is 0 Å². The molecule has 0 spiro atoms. The van der Waals surface area contributed by atoms with Gasteiger partial charge in [-0.1, -0.05) is 18.2 Å². The van der Waals surface area contributed by atoms with E-state index in [1.165, 1.54) is 24.3 Å². The number of hydrogen-bond acceptors (Lipinski definition) is 2. The van der Waals surface area contributed by atoms with Crippen LogP contribution in [0.5, 0.6) is 0 Å². The maximum absolute atomic E-state index is 12.8. The summed E-state index contributed by atoms with van der Waals surface area (Å²) in [6.07, 6.45) is -3.15. The van der Waals surface area contributed by atoms with Crippen molar-refractivity contribution in [2.45, 2.75) is 6.30 Å². The van der Waals surface area contributed by atoms with Gasteiger partial charge >= 0.3 is 6.30 Å². The van der Waals surface area contributed by atoms with Gasteiger partial charge in [0.05, 0.1) is 12.2 Å². The number of nitrogens with zero attached hydrogens (tertiary/aromatic N) is 1. The van der Waals surface area contributed by atoms with Crippen molar-refractivity contribution in [2.75, 3.05) is 11.4 Å². The summed E-state index contributed by atoms with van der Waals surface area (Å²) in [5.74, 6) is -0.839. The molecule has 90 valence electrons. The Morgan fingerprint density at radius 2 is 1.94 bits per heavy atom. The minimum absolute atomic E-state index is 0.0324. The minimum Gasteiger partial charge on any atom is -0.366 e. The number of primary amides is 1. The van der Waals surface area contributed by atoms with Gasteiger partial charge in [-0.05, 0) is 17.7 Å². The Balaban J connectivity index is 2.53. The Morgan fingerprint density at radius 1 is 1.29 bits per heavy atom. The lowest BCUT2D eigenvalue weighted by molar-refractivity contribution is -0.128. The molecule has 0 fully saturated rings. The van der Waals surface area contributed by atoms with Gasteiger partial charge in [0.25, 0.3) is 0 Å². The molecule has 0 unspecified atom stereocenters. The summed E-state index contributed by atoms with van der Waals surface area (Å²) >= 11 is 0. The number of rotatable bonds is 1. The van der Waals surface area contributed by atoms with Crippen molar-refractivity contribution in [1.82, 2.24) is 0 Å². The Morgan fingerprint density at radius 3 is 2.53 bits per heavy atom. The van der Waals surface area contributed by atoms with Crippen LogP contribution in [0.25, 0.3) is 6.08 Å². The zero-order valence-corrected chi connectivity index (χ0v) is 8.66. The molecule has 1 heterocycles. The lowest BCUT2D eigenvalue weighted by Gasteiger charge is -2.31. The van der Waals surface area contributed by atoms with Gasteiger partial charge in [0.1, 0.15) is 0 Å². The zero-order chi connectivity index (χ0) is 12.6. The summed E-state index contributed by atoms with van der Waals surface area (Å²) in [6.45, 7) is -0.546. The first-order valence-corrected chi connectivity index (χ1v) is 4.83. The van der Waals surface area contributed by atoms with E-state index in [4.69, 9.17) is 5.73 Å². The molecule has 1 aromatic carbocycles. The normalized spacial score (nSPS) is 15.2. The third-order valence-electron chi connectivity index (χ3n) is 2.51. The second-order valence-electron chi connectivity index (χ2n) is 3.65. The van der Waals surface area contributed by atoms with Crippen molar-refractivity contribution in [1.29, 1.82) is 0 Å². The number of benzene rings is 1. The highest BCUT2D eigenvalue weighted by atomic mass is 19.4. The maximum atomic E-state index is 12.8. The van der Waals surface area contributed by atoms with E-state index in [0.717, 1.165) is 0 Å². The van der Waals surface area contributed by atoms with E-state index in [1.807, 2.05) is 0 Å². The average Bonchev–Trinajstić information content (AvgIpc) is 2.26. The molecule has 0 saturated carbocycles. The Labute approximate surface area is 95.3 Å². The fraction of sp³-hybridized carbons (Fsp3) is 0.182. The zero-order valence-electron chi connectivity index (χ0n) is 8.66. The summed E-state index contributed by atoms with van der Waals surface area (Å²) in [4.78, 5) is 11.2. The number of carbonyl (C=O) groups excluding carboxylic acids is 1. The fourth-order valence-corrected chi connectivity index (χ4v) is 1.72. The van der Waals surface area contributed by atoms with Gasteiger partial charge < -0.3 is 5.73 Å². The van der Waals surface area contributed by atoms with E-state index in [2.05, 4.69) is 0 Å². The highest BCUT2D eigenvalue weighted by molar-refractivity contribution is 6.00. The van der Waals surface area contributed by atoms with Crippen LogP contribution in [0.4, 0.5) is 18.9 Å². The van der Waals surface area contributed by atoms with Crippen LogP contribution in [0.1, 0.15) is 5.56 Å². The monoisotopic (exact) mass is 242 g/mol. The molecule has 0 aliphatic carbocycles. The van der Waals surface area contributed by atoms with Gasteiger partial charge in [-0.25, -0.2) is 0 Å². The molecule has 17 heavy (non-hydrogen) atoms. The number of fused-ring (bicyclic) bond motifs is 1. The van der Waals surface area contributed by atoms with Crippen molar-refractivity contribution >= 4 is 17.7 Å². The van der Waals surface area contributed by atoms with Crippen molar-refractivity contribution < 1.29 is 18.0 Å². The first-order valence-electron chi connectivity index (χ1n) is 4.83. The van der Waals surface area contributed by atoms with Gasteiger partial charge in [0.2, 0.25) is 5.91 Å². The standard InChI is InChI=1S/C11H9F3N2O/c12-11(13,14)16-6-8(10(15)17)5-7-3-1-2-4-9(7)16/h1-5H,6H2,(H2,15,17). The number of para-hydroxylation sites is 1. The van der Waals surface area contributed by atoms with Gasteiger partial charge in [-0.2, -0.15) is 13.2 Å². The molecule has 2 rings (SSSR count). The predicted octanol–water partition coefficient (Wildman–Crippen LogP) is 1.90. The van der Waals surface area contributed by atoms with Crippen LogP contribution in [0.3, 0.4) is 0 Å². The van der Waals surface area contributed by atoms with E-state index in [-0.39, 0.29) is 16.2 Å². The largest absolute Gasteiger partial charge is 0.485 e. The molecule has 3 nitrogen and oxygen atoms in total. The van der Waals surface area contributed by atoms with Crippen molar-refractivity contribution in [3.8, 4) is 0 Å². The number of amides is 1. The van der Waals surface area contributed by atoms with Crippen molar-refractivity contribution in [3.63, 3.8) is 0 Å². The third kappa shape index (κ3) is 2.11. The number of alkyl halides is 3. The molecular weight excluding hydrogens is 233 g/mol. The summed E-state index contributed by atoms with van der Waals surface area (Å²) in [5, 5.41) is 0. The summed E-state index contributed by atoms with van der Waals surface area (Å²) in [6, 6.07) is 5.99. The Kier molecular flexibility index (Phi) is 2.57. The molecule has 2 N–H and O–H groups in total. The van der Waals surface area contributed by atoms with Crippen LogP contribution in [0.2, 0.25) is 0 Å². The van der Waals surface area contributed by atoms with Crippen LogP contribution in [0, 0.1) is 0 Å². The molecule has 0 aromatic heterocycles. The lowest BCUT2D eigenvalue weighted by Crippen LogP contribution is -2.43. The van der Waals surface area contributed by atoms with Crippen molar-refractivity contribution in [3.05, 3.63) is 35.4 Å². The van der Waals surface area contributed by atoms with Gasteiger partial charge in [-0.15, -0.1) is 0 Å². The van der Waals surface area contributed by atoms with Crippen LogP contribution in [-0.2, 0) is 4.79 Å². The van der Waals surface area contributed by atoms with E-state index in [1.54, 1.807) is 6.07 Å². The Bertz CT molecular complexity index is 494. The van der Waals surface area contributed by atoms with Crippen LogP contribution in [0.15, 0.2) is 29.8 Å². The molecule has 6 heteroatoms. The average molecular weight is 242 g/mol. The number of hydrogen-bond donors (Lipinski definition) is 1. The second kappa shape index (κ2) is 3.80. The highest BCUT2D eigenvalue weighted by Gasteiger charge is 2.40. The lowest BCUT2D eigenvalue weighted by atomic mass is 10.0. The van der Waals surface area contributed by atoms with E-state index in [9.17, 15) is 18.0 Å². The molecule has 1 aliphatic heterocycles. The van der Waals surface area contributed by atoms with Gasteiger partial charge in [0.15, 0.2) is 0 Å². The number of carbonyl (C=O) groups is 1. The van der Waals surface area contributed by atoms with Crippen LogP contribution < -0.4 is 10.6 Å². The van der Waals surface area contributed by atoms with Crippen molar-refractivity contribution in [2.24, 2.45) is 5.73 Å². The molecule has 1 aliphatic rings. The molecule has 0 saturated heterocycles. The smallest absolute Gasteiger partial charge is 0.366 e. The van der Waals surface area contributed by atoms with Crippen LogP contribution in [-0.4, -0.2) is 18.8 Å². The first kappa shape index (κ1) is 11.5. The number of nitrogens with two attached hydrogens (primary N) is 1. The molecule has 0 radical (unpaired) electrons. The molecule has 0 atom stereocenters.